The smallest absolute Gasteiger partial charge is 0.320 e. The van der Waals surface area contributed by atoms with Gasteiger partial charge in [-0.05, 0) is 86.0 Å². The Hall–Kier alpha value is -3.43. The summed E-state index contributed by atoms with van der Waals surface area (Å²) in [4.78, 5) is 47.6. The van der Waals surface area contributed by atoms with Gasteiger partial charge in [-0.2, -0.15) is 0 Å². The number of hydrogen-bond acceptors (Lipinski definition) is 5. The van der Waals surface area contributed by atoms with Crippen molar-refractivity contribution in [2.24, 2.45) is 23.2 Å². The highest BCUT2D eigenvalue weighted by molar-refractivity contribution is 6.21. The maximum Gasteiger partial charge on any atom is 0.320 e. The number of carbonyl (C=O) groups excluding carboxylic acids is 3. The van der Waals surface area contributed by atoms with Crippen molar-refractivity contribution in [1.82, 2.24) is 10.2 Å². The van der Waals surface area contributed by atoms with E-state index in [-0.39, 0.29) is 11.3 Å². The standard InChI is InChI=1S/C32H39N5O4/c38-29-28(34-31(40)33-25-6-2-1-3-7-25)30(39)37(21-35-10-12-41-13-11-35)27-9-5-4-8-26(27)36(29)20-32-17-22-14-23(18-32)16-24(15-22)19-32/h1-9,22-24,28H,10-21H2,(H2,33,34,40). The molecule has 2 aromatic rings. The van der Waals surface area contributed by atoms with Gasteiger partial charge in [0.05, 0.1) is 31.3 Å². The first-order chi connectivity index (χ1) is 20.0. The van der Waals surface area contributed by atoms with Crippen LogP contribution in [0.4, 0.5) is 21.9 Å². The molecule has 2 aliphatic heterocycles. The van der Waals surface area contributed by atoms with Crippen LogP contribution < -0.4 is 20.4 Å². The van der Waals surface area contributed by atoms with E-state index in [9.17, 15) is 14.4 Å². The topological polar surface area (TPSA) is 94.2 Å². The van der Waals surface area contributed by atoms with Crippen LogP contribution in [0.2, 0.25) is 0 Å². The number of amides is 4. The molecule has 0 radical (unpaired) electrons. The zero-order valence-electron chi connectivity index (χ0n) is 23.5. The monoisotopic (exact) mass is 557 g/mol. The van der Waals surface area contributed by atoms with Gasteiger partial charge in [-0.15, -0.1) is 0 Å². The molecule has 4 saturated carbocycles. The molecule has 4 aliphatic carbocycles. The van der Waals surface area contributed by atoms with Crippen molar-refractivity contribution in [1.29, 1.82) is 0 Å². The largest absolute Gasteiger partial charge is 0.379 e. The maximum absolute atomic E-state index is 14.5. The number of ether oxygens (including phenoxy) is 1. The van der Waals surface area contributed by atoms with Gasteiger partial charge in [0.1, 0.15) is 0 Å². The van der Waals surface area contributed by atoms with Crippen LogP contribution in [0.5, 0.6) is 0 Å². The number of nitrogens with one attached hydrogen (secondary N) is 2. The Morgan fingerprint density at radius 1 is 0.805 bits per heavy atom. The molecule has 6 aliphatic rings. The number of carbonyl (C=O) groups is 3. The van der Waals surface area contributed by atoms with E-state index in [0.29, 0.717) is 45.2 Å². The fraction of sp³-hybridized carbons (Fsp3) is 0.531. The van der Waals surface area contributed by atoms with Crippen LogP contribution in [-0.2, 0) is 14.3 Å². The van der Waals surface area contributed by atoms with Gasteiger partial charge in [-0.1, -0.05) is 30.3 Å². The Morgan fingerprint density at radius 3 is 2.00 bits per heavy atom. The molecule has 0 spiro atoms. The molecule has 1 saturated heterocycles. The third-order valence-electron chi connectivity index (χ3n) is 9.90. The molecule has 9 heteroatoms. The van der Waals surface area contributed by atoms with Gasteiger partial charge in [0.2, 0.25) is 0 Å². The van der Waals surface area contributed by atoms with Gasteiger partial charge >= 0.3 is 6.03 Å². The van der Waals surface area contributed by atoms with Crippen molar-refractivity contribution in [3.05, 3.63) is 54.6 Å². The lowest BCUT2D eigenvalue weighted by Crippen LogP contribution is -2.59. The summed E-state index contributed by atoms with van der Waals surface area (Å²) in [6, 6.07) is 14.9. The van der Waals surface area contributed by atoms with E-state index in [1.54, 1.807) is 17.0 Å². The molecule has 4 bridgehead atoms. The molecule has 1 atom stereocenters. The van der Waals surface area contributed by atoms with E-state index in [0.717, 1.165) is 48.4 Å². The van der Waals surface area contributed by atoms with Crippen LogP contribution in [0.25, 0.3) is 0 Å². The minimum atomic E-state index is -1.33. The van der Waals surface area contributed by atoms with Crippen LogP contribution in [0, 0.1) is 23.2 Å². The number of nitrogens with zero attached hydrogens (tertiary/aromatic N) is 3. The minimum Gasteiger partial charge on any atom is -0.379 e. The highest BCUT2D eigenvalue weighted by Crippen LogP contribution is 2.60. The third kappa shape index (κ3) is 5.21. The molecule has 8 rings (SSSR count). The predicted molar refractivity (Wildman–Crippen MR) is 157 cm³/mol. The van der Waals surface area contributed by atoms with Crippen molar-refractivity contribution in [3.8, 4) is 0 Å². The molecule has 2 aromatic carbocycles. The number of hydrogen-bond donors (Lipinski definition) is 2. The van der Waals surface area contributed by atoms with E-state index < -0.39 is 18.0 Å². The van der Waals surface area contributed by atoms with Crippen LogP contribution in [0.3, 0.4) is 0 Å². The summed E-state index contributed by atoms with van der Waals surface area (Å²) in [5, 5.41) is 5.56. The molecule has 1 unspecified atom stereocenters. The van der Waals surface area contributed by atoms with Crippen molar-refractivity contribution >= 4 is 34.9 Å². The van der Waals surface area contributed by atoms with Gasteiger partial charge in [-0.3, -0.25) is 19.4 Å². The third-order valence-corrected chi connectivity index (χ3v) is 9.90. The minimum absolute atomic E-state index is 0.0663. The van der Waals surface area contributed by atoms with E-state index >= 15 is 0 Å². The van der Waals surface area contributed by atoms with E-state index in [4.69, 9.17) is 4.74 Å². The first-order valence-corrected chi connectivity index (χ1v) is 15.1. The second-order valence-electron chi connectivity index (χ2n) is 12.9. The molecule has 4 amide bonds. The Morgan fingerprint density at radius 2 is 1.37 bits per heavy atom. The molecule has 216 valence electrons. The van der Waals surface area contributed by atoms with Crippen LogP contribution in [0.1, 0.15) is 38.5 Å². The number of fused-ring (bicyclic) bond motifs is 1. The Bertz CT molecular complexity index is 1270. The number of benzene rings is 2. The van der Waals surface area contributed by atoms with Crippen molar-refractivity contribution < 1.29 is 19.1 Å². The van der Waals surface area contributed by atoms with Crippen molar-refractivity contribution in [3.63, 3.8) is 0 Å². The summed E-state index contributed by atoms with van der Waals surface area (Å²) in [5.74, 6) is 1.45. The number of rotatable bonds is 6. The zero-order valence-corrected chi connectivity index (χ0v) is 23.5. The molecule has 2 N–H and O–H groups in total. The molecule has 0 aromatic heterocycles. The predicted octanol–water partition coefficient (Wildman–Crippen LogP) is 4.06. The van der Waals surface area contributed by atoms with Gasteiger partial charge in [-0.25, -0.2) is 4.79 Å². The summed E-state index contributed by atoms with van der Waals surface area (Å²) in [6.45, 7) is 3.51. The second-order valence-corrected chi connectivity index (χ2v) is 12.9. The summed E-state index contributed by atoms with van der Waals surface area (Å²) < 4.78 is 5.54. The maximum atomic E-state index is 14.5. The first kappa shape index (κ1) is 26.5. The molecule has 2 heterocycles. The second kappa shape index (κ2) is 10.8. The SMILES string of the molecule is O=C(Nc1ccccc1)NC1C(=O)N(CN2CCOCC2)c2ccccc2N(CC23CC4CC(CC(C4)C2)C3)C1=O. The van der Waals surface area contributed by atoms with Crippen LogP contribution in [0.15, 0.2) is 54.6 Å². The van der Waals surface area contributed by atoms with E-state index in [1.807, 2.05) is 47.4 Å². The fourth-order valence-corrected chi connectivity index (χ4v) is 8.59. The summed E-state index contributed by atoms with van der Waals surface area (Å²) in [6.07, 6.45) is 7.38. The first-order valence-electron chi connectivity index (χ1n) is 15.1. The molecular formula is C32H39N5O4. The summed E-state index contributed by atoms with van der Waals surface area (Å²) in [5.41, 5.74) is 2.13. The van der Waals surface area contributed by atoms with Crippen molar-refractivity contribution in [2.75, 3.05) is 54.6 Å². The van der Waals surface area contributed by atoms with E-state index in [1.165, 1.54) is 19.3 Å². The lowest BCUT2D eigenvalue weighted by atomic mass is 9.49. The van der Waals surface area contributed by atoms with Crippen molar-refractivity contribution in [2.45, 2.75) is 44.6 Å². The summed E-state index contributed by atoms with van der Waals surface area (Å²) >= 11 is 0. The molecule has 41 heavy (non-hydrogen) atoms. The Balaban J connectivity index is 1.23. The van der Waals surface area contributed by atoms with Gasteiger partial charge < -0.3 is 20.3 Å². The highest BCUT2D eigenvalue weighted by atomic mass is 16.5. The lowest BCUT2D eigenvalue weighted by Gasteiger charge is -2.57. The average Bonchev–Trinajstić information content (AvgIpc) is 3.04. The normalized spacial score (nSPS) is 31.1. The van der Waals surface area contributed by atoms with E-state index in [2.05, 4.69) is 15.5 Å². The molecule has 9 nitrogen and oxygen atoms in total. The van der Waals surface area contributed by atoms with Gasteiger partial charge in [0, 0.05) is 25.3 Å². The van der Waals surface area contributed by atoms with Gasteiger partial charge in [0.15, 0.2) is 6.04 Å². The quantitative estimate of drug-likeness (QED) is 0.523. The highest BCUT2D eigenvalue weighted by Gasteiger charge is 2.53. The van der Waals surface area contributed by atoms with Crippen LogP contribution >= 0.6 is 0 Å². The number of para-hydroxylation sites is 3. The van der Waals surface area contributed by atoms with Crippen LogP contribution in [-0.4, -0.2) is 68.3 Å². The molecular weight excluding hydrogens is 518 g/mol. The Labute approximate surface area is 241 Å². The lowest BCUT2D eigenvalue weighted by molar-refractivity contribution is -0.130. The zero-order chi connectivity index (χ0) is 28.0. The number of anilines is 3. The Kier molecular flexibility index (Phi) is 6.95. The molecule has 5 fully saturated rings. The summed E-state index contributed by atoms with van der Waals surface area (Å²) in [7, 11) is 0. The van der Waals surface area contributed by atoms with Gasteiger partial charge in [0.25, 0.3) is 11.8 Å². The average molecular weight is 558 g/mol. The fourth-order valence-electron chi connectivity index (χ4n) is 8.59. The number of morpholine rings is 1. The number of urea groups is 1.